The van der Waals surface area contributed by atoms with Crippen LogP contribution in [0.2, 0.25) is 0 Å². The normalized spacial score (nSPS) is 10.9. The van der Waals surface area contributed by atoms with Crippen LogP contribution in [0.1, 0.15) is 35.8 Å². The van der Waals surface area contributed by atoms with Crippen LogP contribution in [0.5, 0.6) is 5.75 Å². The predicted molar refractivity (Wildman–Crippen MR) is 75.1 cm³/mol. The van der Waals surface area contributed by atoms with Gasteiger partial charge in [0.15, 0.2) is 0 Å². The number of aromatic carboxylic acids is 1. The average molecular weight is 261 g/mol. The molecule has 0 bridgehead atoms. The summed E-state index contributed by atoms with van der Waals surface area (Å²) in [6, 6.07) is 5.71. The number of benzene rings is 1. The van der Waals surface area contributed by atoms with Crippen molar-refractivity contribution in [2.45, 2.75) is 33.2 Å². The lowest BCUT2D eigenvalue weighted by molar-refractivity contribution is 0.0684. The molecule has 4 nitrogen and oxygen atoms in total. The highest BCUT2D eigenvalue weighted by molar-refractivity contribution is 5.98. The molecule has 1 aromatic carbocycles. The van der Waals surface area contributed by atoms with Gasteiger partial charge in [0.05, 0.1) is 7.11 Å². The predicted octanol–water partition coefficient (Wildman–Crippen LogP) is 3.46. The molecular formula is C15H19NO3. The Kier molecular flexibility index (Phi) is 3.79. The zero-order chi connectivity index (χ0) is 14.0. The number of aromatic nitrogens is 1. The molecule has 4 heteroatoms. The lowest BCUT2D eigenvalue weighted by Crippen LogP contribution is -2.09. The summed E-state index contributed by atoms with van der Waals surface area (Å²) in [6.45, 7) is 4.69. The summed E-state index contributed by atoms with van der Waals surface area (Å²) in [6.07, 6.45) is 2.00. The van der Waals surface area contributed by atoms with Gasteiger partial charge in [-0.3, -0.25) is 0 Å². The van der Waals surface area contributed by atoms with Crippen molar-refractivity contribution in [3.63, 3.8) is 0 Å². The zero-order valence-corrected chi connectivity index (χ0v) is 11.6. The van der Waals surface area contributed by atoms with Crippen LogP contribution in [0.25, 0.3) is 10.9 Å². The van der Waals surface area contributed by atoms with Crippen molar-refractivity contribution in [3.05, 3.63) is 29.5 Å². The van der Waals surface area contributed by atoms with Crippen molar-refractivity contribution in [2.24, 2.45) is 0 Å². The van der Waals surface area contributed by atoms with Crippen LogP contribution in [0, 0.1) is 6.92 Å². The van der Waals surface area contributed by atoms with Crippen molar-refractivity contribution >= 4 is 16.9 Å². The molecule has 2 aromatic rings. The second-order valence-corrected chi connectivity index (χ2v) is 4.67. The molecule has 0 spiro atoms. The van der Waals surface area contributed by atoms with E-state index in [0.717, 1.165) is 41.6 Å². The lowest BCUT2D eigenvalue weighted by Gasteiger charge is -2.07. The minimum Gasteiger partial charge on any atom is -0.497 e. The number of unbranched alkanes of at least 4 members (excludes halogenated alkanes) is 1. The van der Waals surface area contributed by atoms with E-state index >= 15 is 0 Å². The number of rotatable bonds is 5. The molecule has 0 amide bonds. The van der Waals surface area contributed by atoms with E-state index in [0.29, 0.717) is 5.69 Å². The van der Waals surface area contributed by atoms with Crippen molar-refractivity contribution < 1.29 is 14.6 Å². The molecule has 0 unspecified atom stereocenters. The molecule has 1 heterocycles. The van der Waals surface area contributed by atoms with Crippen molar-refractivity contribution in [1.29, 1.82) is 0 Å². The number of carboxylic acid groups (broad SMARTS) is 1. The fraction of sp³-hybridized carbons (Fsp3) is 0.400. The Hall–Kier alpha value is -1.97. The Labute approximate surface area is 112 Å². The number of hydrogen-bond acceptors (Lipinski definition) is 2. The van der Waals surface area contributed by atoms with Crippen LogP contribution >= 0.6 is 0 Å². The summed E-state index contributed by atoms with van der Waals surface area (Å²) in [5.41, 5.74) is 2.15. The Morgan fingerprint density at radius 2 is 2.16 bits per heavy atom. The molecule has 1 N–H and O–H groups in total. The molecule has 0 atom stereocenters. The summed E-state index contributed by atoms with van der Waals surface area (Å²) in [7, 11) is 1.61. The second-order valence-electron chi connectivity index (χ2n) is 4.67. The molecule has 19 heavy (non-hydrogen) atoms. The molecule has 0 aliphatic carbocycles. The van der Waals surface area contributed by atoms with Gasteiger partial charge in [-0.25, -0.2) is 4.79 Å². The molecule has 0 saturated heterocycles. The Morgan fingerprint density at radius 1 is 1.42 bits per heavy atom. The van der Waals surface area contributed by atoms with Gasteiger partial charge in [-0.15, -0.1) is 0 Å². The fourth-order valence-electron chi connectivity index (χ4n) is 2.45. The third-order valence-electron chi connectivity index (χ3n) is 3.46. The number of carbonyl (C=O) groups is 1. The topological polar surface area (TPSA) is 51.5 Å². The number of fused-ring (bicyclic) bond motifs is 1. The Balaban J connectivity index is 2.68. The smallest absolute Gasteiger partial charge is 0.352 e. The highest BCUT2D eigenvalue weighted by Crippen LogP contribution is 2.29. The molecule has 102 valence electrons. The van der Waals surface area contributed by atoms with Gasteiger partial charge < -0.3 is 14.4 Å². The van der Waals surface area contributed by atoms with E-state index in [1.807, 2.05) is 29.7 Å². The molecular weight excluding hydrogens is 242 g/mol. The van der Waals surface area contributed by atoms with Crippen molar-refractivity contribution in [2.75, 3.05) is 7.11 Å². The highest BCUT2D eigenvalue weighted by Gasteiger charge is 2.19. The maximum absolute atomic E-state index is 11.5. The van der Waals surface area contributed by atoms with E-state index in [-0.39, 0.29) is 0 Å². The van der Waals surface area contributed by atoms with Crippen LogP contribution in [0.3, 0.4) is 0 Å². The van der Waals surface area contributed by atoms with Gasteiger partial charge in [-0.2, -0.15) is 0 Å². The highest BCUT2D eigenvalue weighted by atomic mass is 16.5. The number of aryl methyl sites for hydroxylation is 2. The Bertz CT molecular complexity index is 613. The number of ether oxygens (including phenoxy) is 1. The van der Waals surface area contributed by atoms with Gasteiger partial charge >= 0.3 is 5.97 Å². The van der Waals surface area contributed by atoms with Crippen LogP contribution < -0.4 is 4.74 Å². The quantitative estimate of drug-likeness (QED) is 0.896. The van der Waals surface area contributed by atoms with Gasteiger partial charge in [0, 0.05) is 17.4 Å². The van der Waals surface area contributed by atoms with E-state index in [2.05, 4.69) is 6.92 Å². The zero-order valence-electron chi connectivity index (χ0n) is 11.6. The second kappa shape index (κ2) is 5.34. The van der Waals surface area contributed by atoms with Crippen LogP contribution in [-0.2, 0) is 6.54 Å². The molecule has 0 saturated carbocycles. The minimum absolute atomic E-state index is 0.386. The third kappa shape index (κ3) is 2.30. The van der Waals surface area contributed by atoms with E-state index in [1.165, 1.54) is 0 Å². The van der Waals surface area contributed by atoms with Crippen LogP contribution in [0.15, 0.2) is 18.2 Å². The largest absolute Gasteiger partial charge is 0.497 e. The summed E-state index contributed by atoms with van der Waals surface area (Å²) in [5, 5.41) is 10.4. The van der Waals surface area contributed by atoms with E-state index in [4.69, 9.17) is 4.74 Å². The van der Waals surface area contributed by atoms with Crippen LogP contribution in [-0.4, -0.2) is 22.8 Å². The molecule has 0 radical (unpaired) electrons. The number of methoxy groups -OCH3 is 1. The van der Waals surface area contributed by atoms with Gasteiger partial charge in [0.1, 0.15) is 11.4 Å². The van der Waals surface area contributed by atoms with E-state index in [9.17, 15) is 9.90 Å². The average Bonchev–Trinajstić information content (AvgIpc) is 2.68. The molecule has 1 aromatic heterocycles. The first-order valence-corrected chi connectivity index (χ1v) is 6.50. The van der Waals surface area contributed by atoms with Gasteiger partial charge in [-0.1, -0.05) is 13.3 Å². The summed E-state index contributed by atoms with van der Waals surface area (Å²) in [5.74, 6) is -0.121. The number of hydrogen-bond donors (Lipinski definition) is 1. The first-order chi connectivity index (χ1) is 9.10. The van der Waals surface area contributed by atoms with Crippen molar-refractivity contribution in [3.8, 4) is 5.75 Å². The monoisotopic (exact) mass is 261 g/mol. The van der Waals surface area contributed by atoms with Gasteiger partial charge in [0.25, 0.3) is 0 Å². The minimum atomic E-state index is -0.872. The summed E-state index contributed by atoms with van der Waals surface area (Å²) >= 11 is 0. The standard InChI is InChI=1S/C15H19NO3/c1-4-5-8-16-13-7-6-11(19-3)9-12(13)10(2)14(16)15(17)18/h6-7,9H,4-5,8H2,1-3H3,(H,17,18). The molecule has 0 aliphatic rings. The van der Waals surface area contributed by atoms with Gasteiger partial charge in [0.2, 0.25) is 0 Å². The van der Waals surface area contributed by atoms with Crippen LogP contribution in [0.4, 0.5) is 0 Å². The summed E-state index contributed by atoms with van der Waals surface area (Å²) < 4.78 is 7.11. The molecule has 0 fully saturated rings. The first kappa shape index (κ1) is 13.5. The number of carboxylic acids is 1. The molecule has 2 rings (SSSR count). The van der Waals surface area contributed by atoms with E-state index < -0.39 is 5.97 Å². The van der Waals surface area contributed by atoms with E-state index in [1.54, 1.807) is 7.11 Å². The van der Waals surface area contributed by atoms with Gasteiger partial charge in [-0.05, 0) is 37.1 Å². The fourth-order valence-corrected chi connectivity index (χ4v) is 2.45. The maximum Gasteiger partial charge on any atom is 0.352 e. The summed E-state index contributed by atoms with van der Waals surface area (Å²) in [4.78, 5) is 11.5. The lowest BCUT2D eigenvalue weighted by atomic mass is 10.1. The SMILES string of the molecule is CCCCn1c(C(=O)O)c(C)c2cc(OC)ccc21. The van der Waals surface area contributed by atoms with Crippen molar-refractivity contribution in [1.82, 2.24) is 4.57 Å². The maximum atomic E-state index is 11.5. The third-order valence-corrected chi connectivity index (χ3v) is 3.46. The Morgan fingerprint density at radius 3 is 2.74 bits per heavy atom. The first-order valence-electron chi connectivity index (χ1n) is 6.50. The number of nitrogens with zero attached hydrogens (tertiary/aromatic N) is 1. The molecule has 0 aliphatic heterocycles.